The van der Waals surface area contributed by atoms with Gasteiger partial charge >= 0.3 is 0 Å². The fourth-order valence-corrected chi connectivity index (χ4v) is 4.42. The zero-order valence-electron chi connectivity index (χ0n) is 13.6. The van der Waals surface area contributed by atoms with Gasteiger partial charge in [0.15, 0.2) is 0 Å². The first kappa shape index (κ1) is 17.4. The Morgan fingerprint density at radius 1 is 1.38 bits per heavy atom. The van der Waals surface area contributed by atoms with Crippen LogP contribution in [0.25, 0.3) is 0 Å². The molecule has 5 nitrogen and oxygen atoms in total. The summed E-state index contributed by atoms with van der Waals surface area (Å²) >= 11 is 3.32. The highest BCUT2D eigenvalue weighted by molar-refractivity contribution is 8.00. The predicted octanol–water partition coefficient (Wildman–Crippen LogP) is 2.52. The number of thiazole rings is 1. The monoisotopic (exact) mass is 362 g/mol. The van der Waals surface area contributed by atoms with Gasteiger partial charge in [0.2, 0.25) is 5.91 Å². The fourth-order valence-electron chi connectivity index (χ4n) is 2.68. The van der Waals surface area contributed by atoms with Crippen molar-refractivity contribution in [1.82, 2.24) is 21.2 Å². The molecule has 1 aromatic carbocycles. The molecule has 0 bridgehead atoms. The summed E-state index contributed by atoms with van der Waals surface area (Å²) in [6.07, 6.45) is 1.31. The first-order chi connectivity index (χ1) is 11.7. The summed E-state index contributed by atoms with van der Waals surface area (Å²) in [6.45, 7) is 2.72. The van der Waals surface area contributed by atoms with Crippen LogP contribution in [0.5, 0.6) is 0 Å². The van der Waals surface area contributed by atoms with Gasteiger partial charge in [-0.3, -0.25) is 10.2 Å². The molecule has 7 heteroatoms. The third-order valence-electron chi connectivity index (χ3n) is 3.87. The van der Waals surface area contributed by atoms with Crippen molar-refractivity contribution in [2.45, 2.75) is 36.2 Å². The molecule has 1 aliphatic rings. The van der Waals surface area contributed by atoms with E-state index < -0.39 is 0 Å². The SMILES string of the molecule is CCSc1nc(CC(=O)NCC2CC(c3ccccc3)NN2)cs1. The number of thioether (sulfide) groups is 1. The first-order valence-electron chi connectivity index (χ1n) is 8.14. The average Bonchev–Trinajstić information content (AvgIpc) is 3.24. The van der Waals surface area contributed by atoms with Gasteiger partial charge in [0.1, 0.15) is 4.34 Å². The van der Waals surface area contributed by atoms with Crippen LogP contribution in [0.15, 0.2) is 40.1 Å². The van der Waals surface area contributed by atoms with Crippen molar-refractivity contribution >= 4 is 29.0 Å². The lowest BCUT2D eigenvalue weighted by molar-refractivity contribution is -0.120. The minimum absolute atomic E-state index is 0.0262. The van der Waals surface area contributed by atoms with Crippen LogP contribution in [0.1, 0.15) is 30.6 Å². The van der Waals surface area contributed by atoms with Crippen molar-refractivity contribution in [2.24, 2.45) is 0 Å². The normalized spacial score (nSPS) is 20.2. The Kier molecular flexibility index (Phi) is 6.25. The van der Waals surface area contributed by atoms with Gasteiger partial charge in [-0.05, 0) is 17.7 Å². The second kappa shape index (κ2) is 8.62. The number of benzene rings is 1. The molecule has 1 aliphatic heterocycles. The van der Waals surface area contributed by atoms with E-state index in [-0.39, 0.29) is 11.9 Å². The van der Waals surface area contributed by atoms with E-state index in [9.17, 15) is 4.79 Å². The van der Waals surface area contributed by atoms with Crippen molar-refractivity contribution in [3.8, 4) is 0 Å². The summed E-state index contributed by atoms with van der Waals surface area (Å²) in [5.41, 5.74) is 8.68. The number of carbonyl (C=O) groups is 1. The Labute approximate surface area is 150 Å². The molecule has 3 N–H and O–H groups in total. The van der Waals surface area contributed by atoms with Crippen LogP contribution in [0.4, 0.5) is 0 Å². The molecule has 1 amide bonds. The summed E-state index contributed by atoms with van der Waals surface area (Å²) in [5.74, 6) is 1.03. The molecule has 1 fully saturated rings. The van der Waals surface area contributed by atoms with E-state index in [4.69, 9.17) is 0 Å². The maximum atomic E-state index is 12.1. The Morgan fingerprint density at radius 3 is 3.00 bits per heavy atom. The smallest absolute Gasteiger partial charge is 0.226 e. The van der Waals surface area contributed by atoms with Crippen LogP contribution in [-0.2, 0) is 11.2 Å². The van der Waals surface area contributed by atoms with Crippen molar-refractivity contribution < 1.29 is 4.79 Å². The summed E-state index contributed by atoms with van der Waals surface area (Å²) < 4.78 is 1.03. The number of aromatic nitrogens is 1. The summed E-state index contributed by atoms with van der Waals surface area (Å²) in [5, 5.41) is 4.97. The zero-order valence-corrected chi connectivity index (χ0v) is 15.3. The quantitative estimate of drug-likeness (QED) is 0.661. The minimum Gasteiger partial charge on any atom is -0.354 e. The third kappa shape index (κ3) is 4.80. The summed E-state index contributed by atoms with van der Waals surface area (Å²) in [6, 6.07) is 10.9. The highest BCUT2D eigenvalue weighted by atomic mass is 32.2. The van der Waals surface area contributed by atoms with Crippen LogP contribution in [-0.4, -0.2) is 29.2 Å². The lowest BCUT2D eigenvalue weighted by atomic mass is 10.0. The van der Waals surface area contributed by atoms with Gasteiger partial charge in [0.05, 0.1) is 12.1 Å². The van der Waals surface area contributed by atoms with Crippen LogP contribution >= 0.6 is 23.1 Å². The number of nitrogens with one attached hydrogen (secondary N) is 3. The van der Waals surface area contributed by atoms with E-state index in [0.29, 0.717) is 19.0 Å². The van der Waals surface area contributed by atoms with Crippen LogP contribution < -0.4 is 16.2 Å². The molecular weight excluding hydrogens is 340 g/mol. The number of nitrogens with zero attached hydrogens (tertiary/aromatic N) is 1. The molecule has 2 aromatic rings. The summed E-state index contributed by atoms with van der Waals surface area (Å²) in [7, 11) is 0. The zero-order chi connectivity index (χ0) is 16.8. The number of amides is 1. The van der Waals surface area contributed by atoms with Crippen molar-refractivity contribution in [1.29, 1.82) is 0 Å². The maximum absolute atomic E-state index is 12.1. The highest BCUT2D eigenvalue weighted by Crippen LogP contribution is 2.23. The number of hydrazine groups is 1. The molecular formula is C17H22N4OS2. The molecule has 128 valence electrons. The van der Waals surface area contributed by atoms with Crippen LogP contribution in [0.3, 0.4) is 0 Å². The third-order valence-corrected chi connectivity index (χ3v) is 5.82. The number of rotatable bonds is 7. The van der Waals surface area contributed by atoms with Crippen LogP contribution in [0, 0.1) is 0 Å². The second-order valence-corrected chi connectivity index (χ2v) is 8.07. The highest BCUT2D eigenvalue weighted by Gasteiger charge is 2.25. The topological polar surface area (TPSA) is 66.0 Å². The molecule has 0 spiro atoms. The lowest BCUT2D eigenvalue weighted by Crippen LogP contribution is -2.40. The molecule has 1 aromatic heterocycles. The van der Waals surface area contributed by atoms with E-state index in [0.717, 1.165) is 22.2 Å². The van der Waals surface area contributed by atoms with Gasteiger partial charge in [-0.25, -0.2) is 10.4 Å². The van der Waals surface area contributed by atoms with E-state index in [1.807, 2.05) is 23.6 Å². The molecule has 3 rings (SSSR count). The predicted molar refractivity (Wildman–Crippen MR) is 99.1 cm³/mol. The summed E-state index contributed by atoms with van der Waals surface area (Å²) in [4.78, 5) is 16.6. The molecule has 0 radical (unpaired) electrons. The van der Waals surface area contributed by atoms with Crippen molar-refractivity contribution in [3.63, 3.8) is 0 Å². The average molecular weight is 363 g/mol. The molecule has 24 heavy (non-hydrogen) atoms. The lowest BCUT2D eigenvalue weighted by Gasteiger charge is -2.10. The molecule has 2 unspecified atom stereocenters. The second-order valence-electron chi connectivity index (χ2n) is 5.70. The molecule has 0 saturated carbocycles. The van der Waals surface area contributed by atoms with Gasteiger partial charge in [0.25, 0.3) is 0 Å². The molecule has 0 aliphatic carbocycles. The van der Waals surface area contributed by atoms with E-state index in [1.165, 1.54) is 5.56 Å². The van der Waals surface area contributed by atoms with Crippen molar-refractivity contribution in [2.75, 3.05) is 12.3 Å². The molecule has 2 atom stereocenters. The number of carbonyl (C=O) groups excluding carboxylic acids is 1. The first-order valence-corrected chi connectivity index (χ1v) is 10.0. The van der Waals surface area contributed by atoms with Gasteiger partial charge in [-0.1, -0.05) is 49.0 Å². The van der Waals surface area contributed by atoms with Gasteiger partial charge in [-0.2, -0.15) is 0 Å². The molecule has 2 heterocycles. The fraction of sp³-hybridized carbons (Fsp3) is 0.412. The van der Waals surface area contributed by atoms with Crippen LogP contribution in [0.2, 0.25) is 0 Å². The molecule has 1 saturated heterocycles. The Balaban J connectivity index is 1.42. The van der Waals surface area contributed by atoms with E-state index >= 15 is 0 Å². The van der Waals surface area contributed by atoms with Gasteiger partial charge < -0.3 is 5.32 Å². The Morgan fingerprint density at radius 2 is 2.21 bits per heavy atom. The number of hydrogen-bond donors (Lipinski definition) is 3. The Bertz CT molecular complexity index is 662. The van der Waals surface area contributed by atoms with Crippen molar-refractivity contribution in [3.05, 3.63) is 47.0 Å². The van der Waals surface area contributed by atoms with Gasteiger partial charge in [0, 0.05) is 24.0 Å². The minimum atomic E-state index is 0.0262. The Hall–Kier alpha value is -1.41. The van der Waals surface area contributed by atoms with E-state index in [2.05, 4.69) is 40.2 Å². The van der Waals surface area contributed by atoms with E-state index in [1.54, 1.807) is 23.1 Å². The van der Waals surface area contributed by atoms with Gasteiger partial charge in [-0.15, -0.1) is 11.3 Å². The maximum Gasteiger partial charge on any atom is 0.226 e. The number of hydrogen-bond acceptors (Lipinski definition) is 6. The largest absolute Gasteiger partial charge is 0.354 e. The standard InChI is InChI=1S/C17H22N4OS2/c1-2-23-17-19-14(11-24-17)9-16(22)18-10-13-8-15(21-20-13)12-6-4-3-5-7-12/h3-7,11,13,15,20-21H,2,8-10H2,1H3,(H,18,22).